The SMILES string of the molecule is CCc1noc(Cn2cnc3c4cc(C)ccc4n(CC(=O)NC(C)CCc4ccccc4)c3c2=O)n1. The topological polar surface area (TPSA) is 108 Å². The summed E-state index contributed by atoms with van der Waals surface area (Å²) in [7, 11) is 0. The Morgan fingerprint density at radius 3 is 2.73 bits per heavy atom. The minimum absolute atomic E-state index is 0.0110. The molecule has 0 aliphatic heterocycles. The molecule has 0 aliphatic carbocycles. The lowest BCUT2D eigenvalue weighted by atomic mass is 10.1. The molecule has 3 aromatic heterocycles. The summed E-state index contributed by atoms with van der Waals surface area (Å²) < 4.78 is 8.48. The van der Waals surface area contributed by atoms with Crippen molar-refractivity contribution in [1.82, 2.24) is 29.6 Å². The van der Waals surface area contributed by atoms with E-state index in [4.69, 9.17) is 4.52 Å². The number of carbonyl (C=O) groups is 1. The third kappa shape index (κ3) is 5.16. The van der Waals surface area contributed by atoms with Crippen LogP contribution in [0.2, 0.25) is 0 Å². The van der Waals surface area contributed by atoms with Crippen LogP contribution in [-0.2, 0) is 30.7 Å². The monoisotopic (exact) mass is 498 g/mol. The van der Waals surface area contributed by atoms with E-state index in [1.165, 1.54) is 16.5 Å². The lowest BCUT2D eigenvalue weighted by Gasteiger charge is -2.15. The Bertz CT molecular complexity index is 1620. The second kappa shape index (κ2) is 10.4. The van der Waals surface area contributed by atoms with Gasteiger partial charge in [0.05, 0.1) is 11.8 Å². The van der Waals surface area contributed by atoms with Crippen LogP contribution < -0.4 is 10.9 Å². The number of rotatable bonds is 9. The first-order valence-electron chi connectivity index (χ1n) is 12.6. The van der Waals surface area contributed by atoms with Gasteiger partial charge in [0, 0.05) is 17.8 Å². The van der Waals surface area contributed by atoms with E-state index in [0.29, 0.717) is 29.2 Å². The van der Waals surface area contributed by atoms with Gasteiger partial charge >= 0.3 is 0 Å². The van der Waals surface area contributed by atoms with Crippen molar-refractivity contribution in [2.45, 2.75) is 59.2 Å². The lowest BCUT2D eigenvalue weighted by Crippen LogP contribution is -2.36. The van der Waals surface area contributed by atoms with Crippen molar-refractivity contribution in [3.63, 3.8) is 0 Å². The van der Waals surface area contributed by atoms with Crippen LogP contribution in [0.1, 0.15) is 43.1 Å². The van der Waals surface area contributed by atoms with Gasteiger partial charge in [0.15, 0.2) is 5.82 Å². The minimum atomic E-state index is -0.264. The van der Waals surface area contributed by atoms with E-state index in [1.807, 2.05) is 57.2 Å². The zero-order valence-corrected chi connectivity index (χ0v) is 21.3. The minimum Gasteiger partial charge on any atom is -0.352 e. The van der Waals surface area contributed by atoms with Gasteiger partial charge in [-0.05, 0) is 44.4 Å². The predicted molar refractivity (Wildman–Crippen MR) is 141 cm³/mol. The number of hydrogen-bond acceptors (Lipinski definition) is 6. The van der Waals surface area contributed by atoms with E-state index in [2.05, 4.69) is 32.6 Å². The van der Waals surface area contributed by atoms with Crippen LogP contribution in [0.4, 0.5) is 0 Å². The molecule has 0 saturated carbocycles. The summed E-state index contributed by atoms with van der Waals surface area (Å²) in [5, 5.41) is 7.84. The molecule has 1 unspecified atom stereocenters. The molecule has 0 radical (unpaired) electrons. The second-order valence-corrected chi connectivity index (χ2v) is 9.43. The Morgan fingerprint density at radius 1 is 1.16 bits per heavy atom. The first-order valence-corrected chi connectivity index (χ1v) is 12.6. The summed E-state index contributed by atoms with van der Waals surface area (Å²) in [4.78, 5) is 35.7. The molecule has 37 heavy (non-hydrogen) atoms. The molecule has 9 heteroatoms. The fraction of sp³-hybridized carbons (Fsp3) is 0.321. The molecule has 1 atom stereocenters. The van der Waals surface area contributed by atoms with Crippen LogP contribution in [0.15, 0.2) is 64.2 Å². The highest BCUT2D eigenvalue weighted by Crippen LogP contribution is 2.26. The van der Waals surface area contributed by atoms with Crippen molar-refractivity contribution in [2.75, 3.05) is 0 Å². The van der Waals surface area contributed by atoms with Gasteiger partial charge in [0.2, 0.25) is 11.8 Å². The molecule has 0 bridgehead atoms. The van der Waals surface area contributed by atoms with Gasteiger partial charge in [-0.25, -0.2) is 4.98 Å². The molecular formula is C28H30N6O3. The number of fused-ring (bicyclic) bond motifs is 3. The molecule has 0 spiro atoms. The summed E-state index contributed by atoms with van der Waals surface area (Å²) >= 11 is 0. The molecule has 9 nitrogen and oxygen atoms in total. The highest BCUT2D eigenvalue weighted by atomic mass is 16.5. The van der Waals surface area contributed by atoms with E-state index >= 15 is 0 Å². The second-order valence-electron chi connectivity index (χ2n) is 9.43. The van der Waals surface area contributed by atoms with E-state index in [0.717, 1.165) is 29.3 Å². The first kappa shape index (κ1) is 24.4. The molecule has 0 saturated heterocycles. The van der Waals surface area contributed by atoms with Crippen LogP contribution in [0.3, 0.4) is 0 Å². The highest BCUT2D eigenvalue weighted by molar-refractivity contribution is 6.06. The molecule has 2 aromatic carbocycles. The van der Waals surface area contributed by atoms with Crippen molar-refractivity contribution >= 4 is 27.8 Å². The predicted octanol–water partition coefficient (Wildman–Crippen LogP) is 3.79. The fourth-order valence-electron chi connectivity index (χ4n) is 4.60. The van der Waals surface area contributed by atoms with Crippen LogP contribution in [0.5, 0.6) is 0 Å². The van der Waals surface area contributed by atoms with Gasteiger partial charge in [-0.2, -0.15) is 4.98 Å². The van der Waals surface area contributed by atoms with Crippen molar-refractivity contribution in [1.29, 1.82) is 0 Å². The maximum atomic E-state index is 13.6. The van der Waals surface area contributed by atoms with Gasteiger partial charge in [-0.1, -0.05) is 54.0 Å². The van der Waals surface area contributed by atoms with E-state index < -0.39 is 0 Å². The largest absolute Gasteiger partial charge is 0.352 e. The summed E-state index contributed by atoms with van der Waals surface area (Å²) in [5.74, 6) is 0.766. The molecule has 5 aromatic rings. The van der Waals surface area contributed by atoms with Gasteiger partial charge in [-0.3, -0.25) is 14.2 Å². The number of nitrogens with one attached hydrogen (secondary N) is 1. The van der Waals surface area contributed by atoms with Crippen molar-refractivity contribution in [3.8, 4) is 0 Å². The van der Waals surface area contributed by atoms with E-state index in [1.54, 1.807) is 4.57 Å². The quantitative estimate of drug-likeness (QED) is 0.331. The molecular weight excluding hydrogens is 468 g/mol. The zero-order valence-electron chi connectivity index (χ0n) is 21.3. The number of nitrogens with zero attached hydrogens (tertiary/aromatic N) is 5. The smallest absolute Gasteiger partial charge is 0.278 e. The van der Waals surface area contributed by atoms with Crippen LogP contribution in [0, 0.1) is 6.92 Å². The van der Waals surface area contributed by atoms with Crippen LogP contribution in [-0.4, -0.2) is 36.2 Å². The van der Waals surface area contributed by atoms with Gasteiger partial charge in [0.25, 0.3) is 5.56 Å². The van der Waals surface area contributed by atoms with Crippen molar-refractivity contribution < 1.29 is 9.32 Å². The van der Waals surface area contributed by atoms with Crippen LogP contribution >= 0.6 is 0 Å². The number of aryl methyl sites for hydroxylation is 3. The third-order valence-electron chi connectivity index (χ3n) is 6.53. The van der Waals surface area contributed by atoms with Crippen molar-refractivity contribution in [2.24, 2.45) is 0 Å². The van der Waals surface area contributed by atoms with Gasteiger partial charge < -0.3 is 14.4 Å². The number of amides is 1. The van der Waals surface area contributed by atoms with Crippen molar-refractivity contribution in [3.05, 3.63) is 88.1 Å². The zero-order chi connectivity index (χ0) is 25.9. The Balaban J connectivity index is 1.44. The molecule has 3 heterocycles. The lowest BCUT2D eigenvalue weighted by molar-refractivity contribution is -0.122. The number of aromatic nitrogens is 5. The Labute approximate surface area is 214 Å². The first-order chi connectivity index (χ1) is 17.9. The summed E-state index contributed by atoms with van der Waals surface area (Å²) in [6.07, 6.45) is 3.84. The third-order valence-corrected chi connectivity index (χ3v) is 6.53. The normalized spacial score (nSPS) is 12.3. The molecule has 190 valence electrons. The molecule has 1 N–H and O–H groups in total. The molecule has 1 amide bonds. The number of carbonyl (C=O) groups excluding carboxylic acids is 1. The molecule has 5 rings (SSSR count). The molecule has 0 aliphatic rings. The maximum absolute atomic E-state index is 13.6. The summed E-state index contributed by atoms with van der Waals surface area (Å²) in [6.45, 7) is 6.05. The maximum Gasteiger partial charge on any atom is 0.278 e. The van der Waals surface area contributed by atoms with Gasteiger partial charge in [-0.15, -0.1) is 0 Å². The summed E-state index contributed by atoms with van der Waals surface area (Å²) in [5.41, 5.74) is 3.77. The molecule has 0 fully saturated rings. The average Bonchev–Trinajstić information content (AvgIpc) is 3.47. The van der Waals surface area contributed by atoms with Gasteiger partial charge in [0.1, 0.15) is 24.1 Å². The number of hydrogen-bond donors (Lipinski definition) is 1. The number of benzene rings is 2. The van der Waals surface area contributed by atoms with Crippen LogP contribution in [0.25, 0.3) is 21.9 Å². The highest BCUT2D eigenvalue weighted by Gasteiger charge is 2.20. The Morgan fingerprint density at radius 2 is 1.97 bits per heavy atom. The van der Waals surface area contributed by atoms with E-state index in [9.17, 15) is 9.59 Å². The standard InChI is InChI=1S/C28H30N6O3/c1-4-23-31-25(37-32-23)16-33-17-29-26-21-14-18(2)10-13-22(21)34(27(26)28(33)36)15-24(35)30-19(3)11-12-20-8-6-5-7-9-20/h5-10,13-14,17,19H,4,11-12,15-16H2,1-3H3,(H,30,35). The Hall–Kier alpha value is -4.27. The van der Waals surface area contributed by atoms with E-state index in [-0.39, 0.29) is 30.6 Å². The fourth-order valence-corrected chi connectivity index (χ4v) is 4.60. The Kier molecular flexibility index (Phi) is 6.85. The summed E-state index contributed by atoms with van der Waals surface area (Å²) in [6, 6.07) is 16.1. The average molecular weight is 499 g/mol.